The van der Waals surface area contributed by atoms with Crippen molar-refractivity contribution in [3.63, 3.8) is 0 Å². The summed E-state index contributed by atoms with van der Waals surface area (Å²) in [5.74, 6) is 0. The van der Waals surface area contributed by atoms with Gasteiger partial charge in [0.25, 0.3) is 0 Å². The second kappa shape index (κ2) is 5.75. The van der Waals surface area contributed by atoms with E-state index in [1.54, 1.807) is 0 Å². The molecule has 1 aromatic heterocycles. The first kappa shape index (κ1) is 15.1. The van der Waals surface area contributed by atoms with Crippen LogP contribution in [0.3, 0.4) is 0 Å². The Morgan fingerprint density at radius 1 is 1.43 bits per heavy atom. The molecule has 1 aliphatic rings. The molecule has 2 N–H and O–H groups in total. The first-order chi connectivity index (χ1) is 10.2. The number of alkyl halides is 1. The predicted octanol–water partition coefficient (Wildman–Crippen LogP) is 3.66. The van der Waals surface area contributed by atoms with Crippen LogP contribution >= 0.6 is 15.9 Å². The maximum atomic E-state index is 10.5. The van der Waals surface area contributed by atoms with Crippen molar-refractivity contribution in [1.82, 2.24) is 4.98 Å². The van der Waals surface area contributed by atoms with E-state index < -0.39 is 11.7 Å². The van der Waals surface area contributed by atoms with E-state index in [4.69, 9.17) is 4.74 Å². The molecule has 0 saturated carbocycles. The molecule has 4 heteroatoms. The zero-order valence-corrected chi connectivity index (χ0v) is 14.2. The normalized spacial score (nSPS) is 23.2. The van der Waals surface area contributed by atoms with Crippen LogP contribution in [0, 0.1) is 0 Å². The summed E-state index contributed by atoms with van der Waals surface area (Å²) in [6.45, 7) is 4.91. The van der Waals surface area contributed by atoms with E-state index in [2.05, 4.69) is 53.0 Å². The number of fused-ring (bicyclic) bond motifs is 3. The SMILES string of the molecule is CCc1cccc2c3c([nH]c12)[C@](CC)([C@H](O)CBr)OCC3. The Morgan fingerprint density at radius 2 is 2.24 bits per heavy atom. The summed E-state index contributed by atoms with van der Waals surface area (Å²) in [7, 11) is 0. The highest BCUT2D eigenvalue weighted by molar-refractivity contribution is 9.09. The van der Waals surface area contributed by atoms with Gasteiger partial charge >= 0.3 is 0 Å². The quantitative estimate of drug-likeness (QED) is 0.825. The summed E-state index contributed by atoms with van der Waals surface area (Å²) in [6, 6.07) is 6.47. The van der Waals surface area contributed by atoms with Gasteiger partial charge in [-0.2, -0.15) is 0 Å². The smallest absolute Gasteiger partial charge is 0.134 e. The number of H-pyrrole nitrogens is 1. The molecule has 2 atom stereocenters. The summed E-state index contributed by atoms with van der Waals surface area (Å²) in [6.07, 6.45) is 2.09. The van der Waals surface area contributed by atoms with E-state index >= 15 is 0 Å². The van der Waals surface area contributed by atoms with E-state index in [-0.39, 0.29) is 0 Å². The van der Waals surface area contributed by atoms with Crippen molar-refractivity contribution in [2.45, 2.75) is 44.8 Å². The second-order valence-corrected chi connectivity index (χ2v) is 6.33. The second-order valence-electron chi connectivity index (χ2n) is 5.68. The zero-order chi connectivity index (χ0) is 15.0. The van der Waals surface area contributed by atoms with Gasteiger partial charge in [0.15, 0.2) is 0 Å². The Bertz CT molecular complexity index is 652. The lowest BCUT2D eigenvalue weighted by Crippen LogP contribution is -2.46. The number of hydrogen-bond acceptors (Lipinski definition) is 2. The van der Waals surface area contributed by atoms with E-state index in [0.29, 0.717) is 11.9 Å². The van der Waals surface area contributed by atoms with Gasteiger partial charge in [0.05, 0.1) is 18.4 Å². The molecule has 0 spiro atoms. The van der Waals surface area contributed by atoms with E-state index in [9.17, 15) is 5.11 Å². The maximum absolute atomic E-state index is 10.5. The first-order valence-electron chi connectivity index (χ1n) is 7.68. The summed E-state index contributed by atoms with van der Waals surface area (Å²) in [5, 5.41) is 12.3. The molecule has 2 heterocycles. The van der Waals surface area contributed by atoms with Crippen molar-refractivity contribution >= 4 is 26.8 Å². The van der Waals surface area contributed by atoms with Crippen molar-refractivity contribution in [1.29, 1.82) is 0 Å². The number of aryl methyl sites for hydroxylation is 1. The number of rotatable bonds is 4. The third-order valence-corrected chi connectivity index (χ3v) is 5.37. The summed E-state index contributed by atoms with van der Waals surface area (Å²) in [5.41, 5.74) is 4.28. The Balaban J connectivity index is 2.26. The molecule has 0 fully saturated rings. The standard InChI is InChI=1S/C17H22BrNO2/c1-3-11-6-5-7-12-13-8-9-21-17(4-2,14(20)10-18)16(13)19-15(11)12/h5-7,14,19-20H,3-4,8-10H2,1-2H3/t14-,17+/m1/s1. The van der Waals surface area contributed by atoms with Crippen LogP contribution in [0.15, 0.2) is 18.2 Å². The minimum atomic E-state index is -0.624. The lowest BCUT2D eigenvalue weighted by molar-refractivity contribution is -0.133. The average Bonchev–Trinajstić information content (AvgIpc) is 2.93. The number of ether oxygens (including phenoxy) is 1. The molecule has 21 heavy (non-hydrogen) atoms. The van der Waals surface area contributed by atoms with Crippen LogP contribution in [0.5, 0.6) is 0 Å². The van der Waals surface area contributed by atoms with Crippen LogP contribution in [0.25, 0.3) is 10.9 Å². The Kier molecular flexibility index (Phi) is 4.12. The van der Waals surface area contributed by atoms with E-state index in [1.165, 1.54) is 22.0 Å². The number of aliphatic hydroxyl groups excluding tert-OH is 1. The molecule has 0 radical (unpaired) electrons. The van der Waals surface area contributed by atoms with Gasteiger partial charge in [0.2, 0.25) is 0 Å². The molecular formula is C17H22BrNO2. The van der Waals surface area contributed by atoms with Gasteiger partial charge in [0, 0.05) is 16.2 Å². The van der Waals surface area contributed by atoms with Crippen molar-refractivity contribution in [3.8, 4) is 0 Å². The monoisotopic (exact) mass is 351 g/mol. The van der Waals surface area contributed by atoms with Crippen molar-refractivity contribution in [2.24, 2.45) is 0 Å². The minimum Gasteiger partial charge on any atom is -0.389 e. The number of aliphatic hydroxyl groups is 1. The van der Waals surface area contributed by atoms with Gasteiger partial charge in [0.1, 0.15) is 5.60 Å². The number of hydrogen-bond donors (Lipinski definition) is 2. The topological polar surface area (TPSA) is 45.2 Å². The highest BCUT2D eigenvalue weighted by atomic mass is 79.9. The fourth-order valence-corrected chi connectivity index (χ4v) is 4.08. The minimum absolute atomic E-state index is 0.510. The summed E-state index contributed by atoms with van der Waals surface area (Å²) >= 11 is 3.41. The molecule has 0 unspecified atom stereocenters. The number of nitrogens with one attached hydrogen (secondary N) is 1. The number of halogens is 1. The Morgan fingerprint density at radius 3 is 2.90 bits per heavy atom. The molecule has 3 nitrogen and oxygen atoms in total. The molecular weight excluding hydrogens is 330 g/mol. The van der Waals surface area contributed by atoms with Crippen LogP contribution in [-0.2, 0) is 23.2 Å². The lowest BCUT2D eigenvalue weighted by Gasteiger charge is -2.39. The molecule has 0 saturated heterocycles. The summed E-state index contributed by atoms with van der Waals surface area (Å²) in [4.78, 5) is 3.59. The zero-order valence-electron chi connectivity index (χ0n) is 12.6. The Labute approximate surface area is 133 Å². The average molecular weight is 352 g/mol. The van der Waals surface area contributed by atoms with Gasteiger partial charge in [-0.05, 0) is 30.4 Å². The van der Waals surface area contributed by atoms with Crippen LogP contribution in [-0.4, -0.2) is 28.1 Å². The number of aromatic amines is 1. The van der Waals surface area contributed by atoms with Crippen LogP contribution in [0.4, 0.5) is 0 Å². The predicted molar refractivity (Wildman–Crippen MR) is 89.1 cm³/mol. The molecule has 1 aromatic carbocycles. The molecule has 1 aliphatic heterocycles. The largest absolute Gasteiger partial charge is 0.389 e. The fraction of sp³-hybridized carbons (Fsp3) is 0.529. The maximum Gasteiger partial charge on any atom is 0.134 e. The van der Waals surface area contributed by atoms with Gasteiger partial charge in [-0.15, -0.1) is 0 Å². The molecule has 0 bridgehead atoms. The van der Waals surface area contributed by atoms with Crippen molar-refractivity contribution in [2.75, 3.05) is 11.9 Å². The van der Waals surface area contributed by atoms with Gasteiger partial charge in [-0.25, -0.2) is 0 Å². The van der Waals surface area contributed by atoms with Crippen LogP contribution in [0.1, 0.15) is 37.1 Å². The van der Waals surface area contributed by atoms with Crippen LogP contribution < -0.4 is 0 Å². The third-order valence-electron chi connectivity index (χ3n) is 4.75. The molecule has 0 aliphatic carbocycles. The van der Waals surface area contributed by atoms with Gasteiger partial charge < -0.3 is 14.8 Å². The lowest BCUT2D eigenvalue weighted by atomic mass is 9.85. The van der Waals surface area contributed by atoms with Gasteiger partial charge in [-0.3, -0.25) is 0 Å². The van der Waals surface area contributed by atoms with E-state index in [0.717, 1.165) is 25.0 Å². The molecule has 3 rings (SSSR count). The number of para-hydroxylation sites is 1. The van der Waals surface area contributed by atoms with Gasteiger partial charge in [-0.1, -0.05) is 48.0 Å². The highest BCUT2D eigenvalue weighted by Crippen LogP contribution is 2.42. The molecule has 0 amide bonds. The Hall–Kier alpha value is -0.840. The highest BCUT2D eigenvalue weighted by Gasteiger charge is 2.44. The third kappa shape index (κ3) is 2.16. The fourth-order valence-electron chi connectivity index (χ4n) is 3.56. The first-order valence-corrected chi connectivity index (χ1v) is 8.81. The molecule has 114 valence electrons. The van der Waals surface area contributed by atoms with Crippen molar-refractivity contribution in [3.05, 3.63) is 35.0 Å². The van der Waals surface area contributed by atoms with E-state index in [1.807, 2.05) is 0 Å². The van der Waals surface area contributed by atoms with Crippen LogP contribution in [0.2, 0.25) is 0 Å². The molecule has 2 aromatic rings. The van der Waals surface area contributed by atoms with Crippen molar-refractivity contribution < 1.29 is 9.84 Å². The number of aromatic nitrogens is 1. The number of benzene rings is 1. The summed E-state index contributed by atoms with van der Waals surface area (Å²) < 4.78 is 6.09.